The summed E-state index contributed by atoms with van der Waals surface area (Å²) in [7, 11) is 1.71. The second-order valence-corrected chi connectivity index (χ2v) is 4.66. The number of hydrogen-bond acceptors (Lipinski definition) is 2. The number of benzene rings is 1. The molecule has 0 radical (unpaired) electrons. The summed E-state index contributed by atoms with van der Waals surface area (Å²) >= 11 is 0. The van der Waals surface area contributed by atoms with E-state index in [9.17, 15) is 0 Å². The largest absolute Gasteiger partial charge is 0.497 e. The van der Waals surface area contributed by atoms with Crippen molar-refractivity contribution in [2.75, 3.05) is 13.7 Å². The molecule has 1 aliphatic rings. The minimum atomic E-state index is 0. The third-order valence-electron chi connectivity index (χ3n) is 3.61. The van der Waals surface area contributed by atoms with Crippen molar-refractivity contribution < 1.29 is 4.74 Å². The normalized spacial score (nSPS) is 19.5. The van der Waals surface area contributed by atoms with Gasteiger partial charge in [-0.25, -0.2) is 0 Å². The molecular weight excluding hydrogens is 248 g/mol. The van der Waals surface area contributed by atoms with E-state index in [2.05, 4.69) is 28.6 Å². The van der Waals surface area contributed by atoms with Gasteiger partial charge in [-0.3, -0.25) is 0 Å². The Hall–Kier alpha value is -1.19. The van der Waals surface area contributed by atoms with Gasteiger partial charge in [-0.2, -0.15) is 0 Å². The summed E-state index contributed by atoms with van der Waals surface area (Å²) in [6.45, 7) is 1.13. The number of halogens is 1. The number of rotatable bonds is 2. The first-order valence-corrected chi connectivity index (χ1v) is 6.27. The molecular formula is C14H19ClN2O. The Bertz CT molecular complexity index is 517. The molecule has 0 aliphatic carbocycles. The van der Waals surface area contributed by atoms with Crippen LogP contribution in [0.3, 0.4) is 0 Å². The summed E-state index contributed by atoms with van der Waals surface area (Å²) in [6.07, 6.45) is 5.97. The first-order chi connectivity index (χ1) is 8.38. The first-order valence-electron chi connectivity index (χ1n) is 6.27. The van der Waals surface area contributed by atoms with Crippen LogP contribution in [0.15, 0.2) is 24.4 Å². The van der Waals surface area contributed by atoms with Crippen LogP contribution in [0.25, 0.3) is 10.9 Å². The van der Waals surface area contributed by atoms with Gasteiger partial charge in [-0.15, -0.1) is 12.4 Å². The predicted molar refractivity (Wildman–Crippen MR) is 76.7 cm³/mol. The van der Waals surface area contributed by atoms with E-state index in [1.807, 2.05) is 6.07 Å². The van der Waals surface area contributed by atoms with Crippen LogP contribution in [-0.2, 0) is 0 Å². The van der Waals surface area contributed by atoms with Crippen LogP contribution in [0.2, 0.25) is 0 Å². The molecule has 0 unspecified atom stereocenters. The highest BCUT2D eigenvalue weighted by Gasteiger charge is 2.18. The summed E-state index contributed by atoms with van der Waals surface area (Å²) in [5.41, 5.74) is 2.56. The van der Waals surface area contributed by atoms with Crippen LogP contribution in [0, 0.1) is 0 Å². The second kappa shape index (κ2) is 5.63. The molecule has 1 aromatic heterocycles. The number of fused-ring (bicyclic) bond motifs is 1. The average molecular weight is 267 g/mol. The maximum Gasteiger partial charge on any atom is 0.119 e. The van der Waals surface area contributed by atoms with Crippen LogP contribution >= 0.6 is 12.4 Å². The highest BCUT2D eigenvalue weighted by atomic mass is 35.5. The van der Waals surface area contributed by atoms with Crippen molar-refractivity contribution in [3.63, 3.8) is 0 Å². The molecule has 18 heavy (non-hydrogen) atoms. The van der Waals surface area contributed by atoms with E-state index in [1.165, 1.54) is 35.7 Å². The second-order valence-electron chi connectivity index (χ2n) is 4.66. The van der Waals surface area contributed by atoms with Gasteiger partial charge in [0, 0.05) is 23.1 Å². The third-order valence-corrected chi connectivity index (χ3v) is 3.61. The Morgan fingerprint density at radius 2 is 2.17 bits per heavy atom. The van der Waals surface area contributed by atoms with Gasteiger partial charge in [0.25, 0.3) is 0 Å². The molecule has 98 valence electrons. The standard InChI is InChI=1S/C14H18N2O.ClH/c1-17-10-5-6-14-11(8-10)12(9-16-14)13-4-2-3-7-15-13;/h5-6,8-9,13,15-16H,2-4,7H2,1H3;1H/t13-;/m0./s1. The quantitative estimate of drug-likeness (QED) is 0.874. The number of aromatic amines is 1. The lowest BCUT2D eigenvalue weighted by Crippen LogP contribution is -2.26. The Kier molecular flexibility index (Phi) is 4.15. The molecule has 0 spiro atoms. The monoisotopic (exact) mass is 266 g/mol. The Labute approximate surface area is 113 Å². The average Bonchev–Trinajstić information content (AvgIpc) is 2.82. The number of nitrogens with one attached hydrogen (secondary N) is 2. The van der Waals surface area contributed by atoms with E-state index in [-0.39, 0.29) is 12.4 Å². The fraction of sp³-hybridized carbons (Fsp3) is 0.429. The molecule has 2 aromatic rings. The minimum Gasteiger partial charge on any atom is -0.497 e. The molecule has 4 heteroatoms. The topological polar surface area (TPSA) is 37.0 Å². The van der Waals surface area contributed by atoms with E-state index in [1.54, 1.807) is 7.11 Å². The SMILES string of the molecule is COc1ccc2[nH]cc([C@@H]3CCCCN3)c2c1.Cl. The third kappa shape index (κ3) is 2.33. The van der Waals surface area contributed by atoms with Gasteiger partial charge >= 0.3 is 0 Å². The summed E-state index contributed by atoms with van der Waals surface area (Å²) in [5.74, 6) is 0.925. The van der Waals surface area contributed by atoms with Gasteiger partial charge in [0.1, 0.15) is 5.75 Å². The summed E-state index contributed by atoms with van der Waals surface area (Å²) in [6, 6.07) is 6.69. The number of hydrogen-bond donors (Lipinski definition) is 2. The molecule has 1 aliphatic heterocycles. The zero-order valence-electron chi connectivity index (χ0n) is 10.5. The molecule has 0 amide bonds. The van der Waals surface area contributed by atoms with E-state index < -0.39 is 0 Å². The minimum absolute atomic E-state index is 0. The lowest BCUT2D eigenvalue weighted by atomic mass is 9.97. The number of H-pyrrole nitrogens is 1. The van der Waals surface area contributed by atoms with E-state index in [4.69, 9.17) is 4.74 Å². The zero-order chi connectivity index (χ0) is 11.7. The van der Waals surface area contributed by atoms with Gasteiger partial charge < -0.3 is 15.0 Å². The Balaban J connectivity index is 0.00000120. The molecule has 0 bridgehead atoms. The maximum atomic E-state index is 5.30. The van der Waals surface area contributed by atoms with Gasteiger partial charge in [-0.1, -0.05) is 6.42 Å². The van der Waals surface area contributed by atoms with E-state index in [0.717, 1.165) is 12.3 Å². The lowest BCUT2D eigenvalue weighted by Gasteiger charge is -2.23. The molecule has 3 rings (SSSR count). The molecule has 0 saturated carbocycles. The predicted octanol–water partition coefficient (Wildman–Crippen LogP) is 3.41. The molecule has 3 nitrogen and oxygen atoms in total. The molecule has 1 aromatic carbocycles. The van der Waals surface area contributed by atoms with Crippen molar-refractivity contribution >= 4 is 23.3 Å². The number of aromatic nitrogens is 1. The van der Waals surface area contributed by atoms with Crippen molar-refractivity contribution in [1.29, 1.82) is 0 Å². The fourth-order valence-corrected chi connectivity index (χ4v) is 2.65. The number of ether oxygens (including phenoxy) is 1. The Morgan fingerprint density at radius 1 is 1.28 bits per heavy atom. The van der Waals surface area contributed by atoms with E-state index >= 15 is 0 Å². The smallest absolute Gasteiger partial charge is 0.119 e. The highest BCUT2D eigenvalue weighted by Crippen LogP contribution is 2.31. The molecule has 2 heterocycles. The van der Waals surface area contributed by atoms with Crippen molar-refractivity contribution in [2.24, 2.45) is 0 Å². The van der Waals surface area contributed by atoms with Crippen LogP contribution < -0.4 is 10.1 Å². The van der Waals surface area contributed by atoms with Gasteiger partial charge in [0.15, 0.2) is 0 Å². The molecule has 1 fully saturated rings. The van der Waals surface area contributed by atoms with Crippen LogP contribution in [0.1, 0.15) is 30.9 Å². The van der Waals surface area contributed by atoms with Crippen LogP contribution in [-0.4, -0.2) is 18.6 Å². The van der Waals surface area contributed by atoms with Crippen molar-refractivity contribution in [3.8, 4) is 5.75 Å². The summed E-state index contributed by atoms with van der Waals surface area (Å²) in [5, 5.41) is 4.87. The van der Waals surface area contributed by atoms with Crippen molar-refractivity contribution in [3.05, 3.63) is 30.0 Å². The number of piperidine rings is 1. The molecule has 1 saturated heterocycles. The van der Waals surface area contributed by atoms with Crippen LogP contribution in [0.5, 0.6) is 5.75 Å². The fourth-order valence-electron chi connectivity index (χ4n) is 2.65. The zero-order valence-corrected chi connectivity index (χ0v) is 11.3. The Morgan fingerprint density at radius 3 is 2.89 bits per heavy atom. The number of methoxy groups -OCH3 is 1. The van der Waals surface area contributed by atoms with Gasteiger partial charge in [0.2, 0.25) is 0 Å². The summed E-state index contributed by atoms with van der Waals surface area (Å²) in [4.78, 5) is 3.34. The highest BCUT2D eigenvalue weighted by molar-refractivity contribution is 5.85. The van der Waals surface area contributed by atoms with Gasteiger partial charge in [0.05, 0.1) is 7.11 Å². The molecule has 2 N–H and O–H groups in total. The first kappa shape index (κ1) is 13.2. The van der Waals surface area contributed by atoms with Crippen molar-refractivity contribution in [2.45, 2.75) is 25.3 Å². The summed E-state index contributed by atoms with van der Waals surface area (Å²) < 4.78 is 5.30. The molecule has 1 atom stereocenters. The van der Waals surface area contributed by atoms with Crippen LogP contribution in [0.4, 0.5) is 0 Å². The van der Waals surface area contributed by atoms with Gasteiger partial charge in [-0.05, 0) is 43.1 Å². The van der Waals surface area contributed by atoms with Crippen molar-refractivity contribution in [1.82, 2.24) is 10.3 Å². The maximum absolute atomic E-state index is 5.30. The lowest BCUT2D eigenvalue weighted by molar-refractivity contribution is 0.412. The van der Waals surface area contributed by atoms with E-state index in [0.29, 0.717) is 6.04 Å².